The van der Waals surface area contributed by atoms with E-state index >= 15 is 0 Å². The van der Waals surface area contributed by atoms with Crippen LogP contribution >= 0.6 is 11.6 Å². The first-order valence-electron chi connectivity index (χ1n) is 8.71. The van der Waals surface area contributed by atoms with Crippen LogP contribution in [-0.2, 0) is 6.54 Å². The SMILES string of the molecule is C/C=C\C(=C/CC)c1nn(Cc2ccc(Cl)cc2)c(=O)c2ccccc12. The van der Waals surface area contributed by atoms with Crippen LogP contribution in [0.2, 0.25) is 5.02 Å². The number of fused-ring (bicyclic) bond motifs is 1. The topological polar surface area (TPSA) is 34.9 Å². The van der Waals surface area contributed by atoms with Crippen LogP contribution in [-0.4, -0.2) is 9.78 Å². The molecule has 26 heavy (non-hydrogen) atoms. The van der Waals surface area contributed by atoms with Crippen LogP contribution in [0.4, 0.5) is 0 Å². The van der Waals surface area contributed by atoms with Crippen molar-refractivity contribution in [2.45, 2.75) is 26.8 Å². The molecule has 0 unspecified atom stereocenters. The molecule has 0 aliphatic carbocycles. The number of hydrogen-bond donors (Lipinski definition) is 0. The van der Waals surface area contributed by atoms with Crippen molar-refractivity contribution in [2.24, 2.45) is 0 Å². The van der Waals surface area contributed by atoms with Crippen LogP contribution in [0.5, 0.6) is 0 Å². The third kappa shape index (κ3) is 3.78. The minimum atomic E-state index is -0.0874. The highest BCUT2D eigenvalue weighted by atomic mass is 35.5. The van der Waals surface area contributed by atoms with Crippen molar-refractivity contribution in [3.63, 3.8) is 0 Å². The third-order valence-electron chi connectivity index (χ3n) is 4.16. The first-order valence-corrected chi connectivity index (χ1v) is 9.09. The molecule has 0 radical (unpaired) electrons. The van der Waals surface area contributed by atoms with E-state index in [-0.39, 0.29) is 5.56 Å². The molecule has 0 aliphatic heterocycles. The molecule has 0 atom stereocenters. The van der Waals surface area contributed by atoms with Gasteiger partial charge in [-0.2, -0.15) is 5.10 Å². The van der Waals surface area contributed by atoms with Gasteiger partial charge >= 0.3 is 0 Å². The van der Waals surface area contributed by atoms with Crippen LogP contribution in [0.1, 0.15) is 31.5 Å². The van der Waals surface area contributed by atoms with Crippen LogP contribution in [0.15, 0.2) is 71.6 Å². The molecule has 0 spiro atoms. The fraction of sp³-hybridized carbons (Fsp3) is 0.182. The molecule has 0 aliphatic rings. The lowest BCUT2D eigenvalue weighted by molar-refractivity contribution is 0.643. The Bertz CT molecular complexity index is 1030. The maximum atomic E-state index is 12.9. The Morgan fingerprint density at radius 2 is 1.81 bits per heavy atom. The zero-order valence-electron chi connectivity index (χ0n) is 14.9. The average Bonchev–Trinajstić information content (AvgIpc) is 2.66. The zero-order valence-corrected chi connectivity index (χ0v) is 15.7. The molecule has 3 aromatic rings. The van der Waals surface area contributed by atoms with Gasteiger partial charge in [-0.15, -0.1) is 0 Å². The molecule has 0 N–H and O–H groups in total. The van der Waals surface area contributed by atoms with Crippen LogP contribution in [0.25, 0.3) is 16.3 Å². The van der Waals surface area contributed by atoms with Crippen LogP contribution < -0.4 is 5.56 Å². The van der Waals surface area contributed by atoms with Gasteiger partial charge in [0, 0.05) is 10.4 Å². The fourth-order valence-corrected chi connectivity index (χ4v) is 3.09. The molecule has 0 saturated carbocycles. The molecule has 1 heterocycles. The van der Waals surface area contributed by atoms with Gasteiger partial charge in [-0.3, -0.25) is 4.79 Å². The summed E-state index contributed by atoms with van der Waals surface area (Å²) in [5.74, 6) is 0. The van der Waals surface area contributed by atoms with Gasteiger partial charge in [-0.1, -0.05) is 67.1 Å². The molecular formula is C22H21ClN2O. The van der Waals surface area contributed by atoms with Crippen molar-refractivity contribution in [3.8, 4) is 0 Å². The lowest BCUT2D eigenvalue weighted by Crippen LogP contribution is -2.25. The summed E-state index contributed by atoms with van der Waals surface area (Å²) >= 11 is 5.96. The van der Waals surface area contributed by atoms with E-state index in [0.29, 0.717) is 17.0 Å². The highest BCUT2D eigenvalue weighted by molar-refractivity contribution is 6.30. The Labute approximate surface area is 158 Å². The predicted molar refractivity (Wildman–Crippen MR) is 110 cm³/mol. The quantitative estimate of drug-likeness (QED) is 0.563. The monoisotopic (exact) mass is 364 g/mol. The summed E-state index contributed by atoms with van der Waals surface area (Å²) in [6, 6.07) is 15.1. The highest BCUT2D eigenvalue weighted by Crippen LogP contribution is 2.23. The number of benzene rings is 2. The Balaban J connectivity index is 2.21. The lowest BCUT2D eigenvalue weighted by atomic mass is 10.0. The van der Waals surface area contributed by atoms with Gasteiger partial charge in [0.15, 0.2) is 0 Å². The maximum absolute atomic E-state index is 12.9. The summed E-state index contributed by atoms with van der Waals surface area (Å²) in [5.41, 5.74) is 2.75. The molecule has 4 heteroatoms. The van der Waals surface area contributed by atoms with E-state index in [0.717, 1.165) is 28.6 Å². The van der Waals surface area contributed by atoms with Gasteiger partial charge < -0.3 is 0 Å². The first-order chi connectivity index (χ1) is 12.6. The van der Waals surface area contributed by atoms with Crippen molar-refractivity contribution >= 4 is 27.9 Å². The number of halogens is 1. The van der Waals surface area contributed by atoms with E-state index in [1.807, 2.05) is 67.6 Å². The molecule has 0 bridgehead atoms. The summed E-state index contributed by atoms with van der Waals surface area (Å²) in [7, 11) is 0. The van der Waals surface area contributed by atoms with E-state index in [4.69, 9.17) is 16.7 Å². The van der Waals surface area contributed by atoms with Gasteiger partial charge in [0.05, 0.1) is 17.6 Å². The average molecular weight is 365 g/mol. The first kappa shape index (κ1) is 18.2. The Morgan fingerprint density at radius 1 is 1.12 bits per heavy atom. The molecule has 0 saturated heterocycles. The molecule has 0 fully saturated rings. The zero-order chi connectivity index (χ0) is 18.5. The normalized spacial score (nSPS) is 12.2. The summed E-state index contributed by atoms with van der Waals surface area (Å²) < 4.78 is 1.54. The van der Waals surface area contributed by atoms with E-state index in [1.165, 1.54) is 4.68 Å². The van der Waals surface area contributed by atoms with Crippen molar-refractivity contribution in [1.29, 1.82) is 0 Å². The minimum Gasteiger partial charge on any atom is -0.267 e. The van der Waals surface area contributed by atoms with Crippen molar-refractivity contribution in [1.82, 2.24) is 9.78 Å². The van der Waals surface area contributed by atoms with Crippen LogP contribution in [0.3, 0.4) is 0 Å². The van der Waals surface area contributed by atoms with Gasteiger partial charge in [0.2, 0.25) is 0 Å². The summed E-state index contributed by atoms with van der Waals surface area (Å²) in [6.45, 7) is 4.48. The van der Waals surface area contributed by atoms with E-state index < -0.39 is 0 Å². The number of rotatable bonds is 5. The highest BCUT2D eigenvalue weighted by Gasteiger charge is 2.12. The maximum Gasteiger partial charge on any atom is 0.274 e. The van der Waals surface area contributed by atoms with Crippen molar-refractivity contribution < 1.29 is 0 Å². The molecule has 1 aromatic heterocycles. The number of aromatic nitrogens is 2. The molecule has 3 rings (SSSR count). The number of hydrogen-bond acceptors (Lipinski definition) is 2. The minimum absolute atomic E-state index is 0.0874. The number of nitrogens with zero attached hydrogens (tertiary/aromatic N) is 2. The molecule has 132 valence electrons. The lowest BCUT2D eigenvalue weighted by Gasteiger charge is -2.12. The molecular weight excluding hydrogens is 344 g/mol. The van der Waals surface area contributed by atoms with Crippen molar-refractivity contribution in [2.75, 3.05) is 0 Å². The van der Waals surface area contributed by atoms with E-state index in [1.54, 1.807) is 0 Å². The number of allylic oxidation sites excluding steroid dienone is 4. The molecule has 3 nitrogen and oxygen atoms in total. The Hall–Kier alpha value is -2.65. The molecule has 0 amide bonds. The third-order valence-corrected chi connectivity index (χ3v) is 4.41. The second-order valence-corrected chi connectivity index (χ2v) is 6.49. The second kappa shape index (κ2) is 8.15. The van der Waals surface area contributed by atoms with Crippen molar-refractivity contribution in [3.05, 3.63) is 93.4 Å². The van der Waals surface area contributed by atoms with Gasteiger partial charge in [-0.25, -0.2) is 4.68 Å². The second-order valence-electron chi connectivity index (χ2n) is 6.05. The van der Waals surface area contributed by atoms with E-state index in [9.17, 15) is 4.79 Å². The summed E-state index contributed by atoms with van der Waals surface area (Å²) in [6.07, 6.45) is 7.06. The van der Waals surface area contributed by atoms with Gasteiger partial charge in [-0.05, 0) is 42.7 Å². The predicted octanol–water partition coefficient (Wildman–Crippen LogP) is 5.47. The van der Waals surface area contributed by atoms with Crippen LogP contribution in [0, 0.1) is 0 Å². The van der Waals surface area contributed by atoms with E-state index in [2.05, 4.69) is 13.0 Å². The largest absolute Gasteiger partial charge is 0.274 e. The standard InChI is InChI=1S/C22H21ClN2O/c1-3-7-17(8-4-2)21-19-9-5-6-10-20(19)22(26)25(24-21)15-16-11-13-18(23)14-12-16/h3,5-14H,4,15H2,1-2H3/b7-3-,17-8+. The summed E-state index contributed by atoms with van der Waals surface area (Å²) in [4.78, 5) is 12.9. The smallest absolute Gasteiger partial charge is 0.267 e. The Morgan fingerprint density at radius 3 is 2.46 bits per heavy atom. The summed E-state index contributed by atoms with van der Waals surface area (Å²) in [5, 5.41) is 6.94. The molecule has 2 aromatic carbocycles. The van der Waals surface area contributed by atoms with Gasteiger partial charge in [0.25, 0.3) is 5.56 Å². The Kier molecular flexibility index (Phi) is 5.69. The van der Waals surface area contributed by atoms with Gasteiger partial charge in [0.1, 0.15) is 0 Å². The fourth-order valence-electron chi connectivity index (χ4n) is 2.96.